The first-order valence-corrected chi connectivity index (χ1v) is 4.14. The lowest BCUT2D eigenvalue weighted by atomic mass is 9.64. The lowest BCUT2D eigenvalue weighted by Gasteiger charge is -2.48. The smallest absolute Gasteiger partial charge is 0.414 e. The molecule has 1 aliphatic heterocycles. The number of rotatable bonds is 0. The molecule has 0 radical (unpaired) electrons. The van der Waals surface area contributed by atoms with Crippen molar-refractivity contribution in [2.75, 3.05) is 13.1 Å². The van der Waals surface area contributed by atoms with Crippen LogP contribution in [0.4, 0.5) is 0 Å². The van der Waals surface area contributed by atoms with Gasteiger partial charge in [0.05, 0.1) is 0 Å². The molecular weight excluding hydrogens is 190 g/mol. The summed E-state index contributed by atoms with van der Waals surface area (Å²) in [6, 6.07) is 0. The van der Waals surface area contributed by atoms with Gasteiger partial charge in [0.25, 0.3) is 0 Å². The second kappa shape index (κ2) is 3.75. The van der Waals surface area contributed by atoms with Gasteiger partial charge in [-0.1, -0.05) is 0 Å². The maximum Gasteiger partial charge on any atom is 0.414 e. The summed E-state index contributed by atoms with van der Waals surface area (Å²) in [6.07, 6.45) is 1.69. The van der Waals surface area contributed by atoms with Crippen molar-refractivity contribution < 1.29 is 24.6 Å². The highest BCUT2D eigenvalue weighted by Gasteiger charge is 2.47. The van der Waals surface area contributed by atoms with Crippen LogP contribution in [0.25, 0.3) is 0 Å². The predicted molar refractivity (Wildman–Crippen MR) is 44.8 cm³/mol. The third-order valence-corrected chi connectivity index (χ3v) is 2.33. The number of hydrogen-bond donors (Lipinski definition) is 3. The second-order valence-corrected chi connectivity index (χ2v) is 3.61. The SMILES string of the molecule is O=C(O)C(=O)O.O=C1CC2(CNC2)C1. The molecule has 1 spiro atoms. The summed E-state index contributed by atoms with van der Waals surface area (Å²) in [7, 11) is 0. The van der Waals surface area contributed by atoms with E-state index in [1.807, 2.05) is 0 Å². The van der Waals surface area contributed by atoms with Gasteiger partial charge in [-0.25, -0.2) is 9.59 Å². The van der Waals surface area contributed by atoms with Gasteiger partial charge in [0, 0.05) is 31.3 Å². The van der Waals surface area contributed by atoms with Crippen LogP contribution in [0.15, 0.2) is 0 Å². The van der Waals surface area contributed by atoms with Crippen LogP contribution in [0, 0.1) is 5.41 Å². The maximum absolute atomic E-state index is 10.5. The minimum Gasteiger partial charge on any atom is -0.473 e. The van der Waals surface area contributed by atoms with Crippen LogP contribution >= 0.6 is 0 Å². The molecule has 1 saturated heterocycles. The van der Waals surface area contributed by atoms with Gasteiger partial charge in [0.1, 0.15) is 5.78 Å². The van der Waals surface area contributed by atoms with E-state index in [9.17, 15) is 4.79 Å². The van der Waals surface area contributed by atoms with E-state index >= 15 is 0 Å². The first kappa shape index (κ1) is 10.6. The molecular formula is C8H11NO5. The molecule has 0 unspecified atom stereocenters. The molecule has 0 atom stereocenters. The lowest BCUT2D eigenvalue weighted by molar-refractivity contribution is -0.159. The largest absolute Gasteiger partial charge is 0.473 e. The molecule has 0 aromatic heterocycles. The number of ketones is 1. The fourth-order valence-electron chi connectivity index (χ4n) is 1.51. The molecule has 78 valence electrons. The highest BCUT2D eigenvalue weighted by molar-refractivity contribution is 6.27. The third-order valence-electron chi connectivity index (χ3n) is 2.33. The minimum absolute atomic E-state index is 0.450. The first-order valence-electron chi connectivity index (χ1n) is 4.14. The fourth-order valence-corrected chi connectivity index (χ4v) is 1.51. The van der Waals surface area contributed by atoms with Crippen molar-refractivity contribution in [1.82, 2.24) is 5.32 Å². The number of nitrogens with one attached hydrogen (secondary N) is 1. The minimum atomic E-state index is -1.82. The molecule has 2 rings (SSSR count). The summed E-state index contributed by atoms with van der Waals surface area (Å²) < 4.78 is 0. The van der Waals surface area contributed by atoms with Crippen molar-refractivity contribution in [1.29, 1.82) is 0 Å². The topological polar surface area (TPSA) is 104 Å². The van der Waals surface area contributed by atoms with E-state index < -0.39 is 11.9 Å². The van der Waals surface area contributed by atoms with E-state index in [1.165, 1.54) is 0 Å². The Morgan fingerprint density at radius 3 is 1.64 bits per heavy atom. The van der Waals surface area contributed by atoms with Crippen molar-refractivity contribution in [2.45, 2.75) is 12.8 Å². The molecule has 2 fully saturated rings. The summed E-state index contributed by atoms with van der Waals surface area (Å²) in [5, 5.41) is 18.0. The first-order chi connectivity index (χ1) is 6.45. The second-order valence-electron chi connectivity index (χ2n) is 3.61. The van der Waals surface area contributed by atoms with Crippen LogP contribution in [-0.4, -0.2) is 41.0 Å². The molecule has 14 heavy (non-hydrogen) atoms. The summed E-state index contributed by atoms with van der Waals surface area (Å²) in [5.41, 5.74) is 0.455. The zero-order valence-electron chi connectivity index (χ0n) is 7.45. The van der Waals surface area contributed by atoms with Gasteiger partial charge in [-0.15, -0.1) is 0 Å². The number of hydrogen-bond acceptors (Lipinski definition) is 4. The Labute approximate surface area is 79.9 Å². The zero-order valence-corrected chi connectivity index (χ0v) is 7.45. The molecule has 2 aliphatic rings. The highest BCUT2D eigenvalue weighted by Crippen LogP contribution is 2.40. The standard InChI is InChI=1S/C6H9NO.C2H2O4/c8-5-1-6(2-5)3-7-4-6;3-1(4)2(5)6/h7H,1-4H2;(H,3,4)(H,5,6). The Hall–Kier alpha value is -1.43. The number of carbonyl (C=O) groups excluding carboxylic acids is 1. The number of carboxylic acids is 2. The van der Waals surface area contributed by atoms with Gasteiger partial charge >= 0.3 is 11.9 Å². The highest BCUT2D eigenvalue weighted by atomic mass is 16.4. The number of Topliss-reactive ketones (excluding diaryl/α,β-unsaturated/α-hetero) is 1. The van der Waals surface area contributed by atoms with Gasteiger partial charge in [0.15, 0.2) is 0 Å². The molecule has 3 N–H and O–H groups in total. The van der Waals surface area contributed by atoms with Gasteiger partial charge in [-0.2, -0.15) is 0 Å². The summed E-state index contributed by atoms with van der Waals surface area (Å²) in [6.45, 7) is 2.16. The monoisotopic (exact) mass is 201 g/mol. The van der Waals surface area contributed by atoms with E-state index in [0.29, 0.717) is 11.2 Å². The van der Waals surface area contributed by atoms with E-state index in [2.05, 4.69) is 5.32 Å². The average Bonchev–Trinajstić information content (AvgIpc) is 1.96. The Morgan fingerprint density at radius 2 is 1.57 bits per heavy atom. The molecule has 6 nitrogen and oxygen atoms in total. The van der Waals surface area contributed by atoms with Crippen LogP contribution < -0.4 is 5.32 Å². The lowest BCUT2D eigenvalue weighted by Crippen LogP contribution is -2.60. The van der Waals surface area contributed by atoms with Gasteiger partial charge in [-0.3, -0.25) is 4.79 Å². The summed E-state index contributed by atoms with van der Waals surface area (Å²) in [4.78, 5) is 28.7. The van der Waals surface area contributed by atoms with Crippen LogP contribution in [-0.2, 0) is 14.4 Å². The number of aliphatic carboxylic acids is 2. The van der Waals surface area contributed by atoms with Crippen molar-refractivity contribution in [3.05, 3.63) is 0 Å². The number of carboxylic acid groups (broad SMARTS) is 2. The van der Waals surface area contributed by atoms with Crippen LogP contribution in [0.5, 0.6) is 0 Å². The summed E-state index contributed by atoms with van der Waals surface area (Å²) in [5.74, 6) is -3.20. The van der Waals surface area contributed by atoms with Crippen LogP contribution in [0.3, 0.4) is 0 Å². The van der Waals surface area contributed by atoms with Crippen LogP contribution in [0.2, 0.25) is 0 Å². The predicted octanol–water partition coefficient (Wildman–Crippen LogP) is -0.905. The van der Waals surface area contributed by atoms with Crippen LogP contribution in [0.1, 0.15) is 12.8 Å². The van der Waals surface area contributed by atoms with E-state index in [4.69, 9.17) is 19.8 Å². The van der Waals surface area contributed by atoms with E-state index in [-0.39, 0.29) is 0 Å². The molecule has 0 bridgehead atoms. The van der Waals surface area contributed by atoms with Gasteiger partial charge in [0.2, 0.25) is 0 Å². The molecule has 0 amide bonds. The maximum atomic E-state index is 10.5. The zero-order chi connectivity index (χ0) is 10.8. The van der Waals surface area contributed by atoms with E-state index in [1.54, 1.807) is 0 Å². The third kappa shape index (κ3) is 2.29. The Bertz CT molecular complexity index is 259. The Morgan fingerprint density at radius 1 is 1.14 bits per heavy atom. The molecule has 6 heteroatoms. The summed E-state index contributed by atoms with van der Waals surface area (Å²) >= 11 is 0. The Kier molecular flexibility index (Phi) is 2.85. The molecule has 0 aromatic carbocycles. The molecule has 1 saturated carbocycles. The Balaban J connectivity index is 0.000000149. The molecule has 1 heterocycles. The van der Waals surface area contributed by atoms with Crippen molar-refractivity contribution in [3.8, 4) is 0 Å². The fraction of sp³-hybridized carbons (Fsp3) is 0.625. The number of carbonyl (C=O) groups is 3. The average molecular weight is 201 g/mol. The normalized spacial score (nSPS) is 21.3. The van der Waals surface area contributed by atoms with Crippen molar-refractivity contribution in [3.63, 3.8) is 0 Å². The van der Waals surface area contributed by atoms with Crippen molar-refractivity contribution in [2.24, 2.45) is 5.41 Å². The quantitative estimate of drug-likeness (QED) is 0.438. The molecule has 0 aromatic rings. The van der Waals surface area contributed by atoms with Gasteiger partial charge < -0.3 is 15.5 Å². The molecule has 1 aliphatic carbocycles. The van der Waals surface area contributed by atoms with E-state index in [0.717, 1.165) is 25.9 Å². The van der Waals surface area contributed by atoms with Gasteiger partial charge in [-0.05, 0) is 0 Å². The van der Waals surface area contributed by atoms with Crippen molar-refractivity contribution >= 4 is 17.7 Å².